The lowest BCUT2D eigenvalue weighted by molar-refractivity contribution is -0.115. The van der Waals surface area contributed by atoms with Crippen LogP contribution in [0.1, 0.15) is 33.1 Å². The van der Waals surface area contributed by atoms with Gasteiger partial charge in [0.1, 0.15) is 0 Å². The van der Waals surface area contributed by atoms with Crippen LogP contribution in [0.3, 0.4) is 0 Å². The fraction of sp³-hybridized carbons (Fsp3) is 1.00. The molecule has 6 heteroatoms. The molecule has 2 unspecified atom stereocenters. The van der Waals surface area contributed by atoms with Gasteiger partial charge in [0, 0.05) is 56.3 Å². The maximum Gasteiger partial charge on any atom is 0.0622 e. The fourth-order valence-electron chi connectivity index (χ4n) is 5.38. The summed E-state index contributed by atoms with van der Waals surface area (Å²) in [4.78, 5) is 5.41. The van der Waals surface area contributed by atoms with Gasteiger partial charge in [0.15, 0.2) is 0 Å². The molecule has 4 heterocycles. The number of nitrogens with zero attached hydrogens (tertiary/aromatic N) is 2. The largest absolute Gasteiger partial charge is 0.380 e. The molecule has 4 aliphatic heterocycles. The summed E-state index contributed by atoms with van der Waals surface area (Å²) in [5.41, 5.74) is 0.382. The smallest absolute Gasteiger partial charge is 0.0622 e. The van der Waals surface area contributed by atoms with E-state index in [1.807, 2.05) is 0 Å². The van der Waals surface area contributed by atoms with Crippen molar-refractivity contribution in [3.63, 3.8) is 0 Å². The molecule has 2 N–H and O–H groups in total. The van der Waals surface area contributed by atoms with Crippen molar-refractivity contribution in [3.05, 3.63) is 0 Å². The van der Waals surface area contributed by atoms with Crippen LogP contribution in [0.25, 0.3) is 0 Å². The Labute approximate surface area is 165 Å². The second-order valence-electron chi connectivity index (χ2n) is 9.93. The van der Waals surface area contributed by atoms with Crippen LogP contribution >= 0.6 is 0 Å². The van der Waals surface area contributed by atoms with E-state index in [-0.39, 0.29) is 0 Å². The Kier molecular flexibility index (Phi) is 6.72. The Morgan fingerprint density at radius 2 is 2.00 bits per heavy atom. The second kappa shape index (κ2) is 9.06. The standard InChI is InChI=1S/C21H40N4O2/c1-17-10-25(20-4-7-26-13-20)11-18(9-23-17)8-19-12-24(6-3-5-22-19)14-21(2)15-27-16-21/h17-20,22-23H,3-16H2,1-2H3/t17-,18?,19-,20?/m0/s1. The van der Waals surface area contributed by atoms with Crippen molar-refractivity contribution in [2.45, 2.75) is 51.2 Å². The van der Waals surface area contributed by atoms with Gasteiger partial charge in [0.25, 0.3) is 0 Å². The van der Waals surface area contributed by atoms with Gasteiger partial charge in [-0.25, -0.2) is 0 Å². The van der Waals surface area contributed by atoms with Crippen molar-refractivity contribution in [1.82, 2.24) is 20.4 Å². The maximum absolute atomic E-state index is 5.67. The van der Waals surface area contributed by atoms with E-state index in [9.17, 15) is 0 Å². The van der Waals surface area contributed by atoms with Crippen LogP contribution in [0.4, 0.5) is 0 Å². The van der Waals surface area contributed by atoms with E-state index < -0.39 is 0 Å². The third-order valence-electron chi connectivity index (χ3n) is 6.87. The van der Waals surface area contributed by atoms with Gasteiger partial charge in [-0.1, -0.05) is 6.92 Å². The zero-order valence-corrected chi connectivity index (χ0v) is 17.4. The number of hydrogen-bond donors (Lipinski definition) is 2. The molecule has 0 aromatic rings. The Morgan fingerprint density at radius 3 is 2.74 bits per heavy atom. The molecule has 27 heavy (non-hydrogen) atoms. The molecule has 4 saturated heterocycles. The summed E-state index contributed by atoms with van der Waals surface area (Å²) in [5.74, 6) is 0.718. The van der Waals surface area contributed by atoms with Gasteiger partial charge >= 0.3 is 0 Å². The van der Waals surface area contributed by atoms with E-state index in [1.54, 1.807) is 0 Å². The number of hydrogen-bond acceptors (Lipinski definition) is 6. The van der Waals surface area contributed by atoms with Crippen molar-refractivity contribution in [1.29, 1.82) is 0 Å². The zero-order chi connectivity index (χ0) is 18.7. The molecular weight excluding hydrogens is 340 g/mol. The maximum atomic E-state index is 5.67. The molecule has 0 saturated carbocycles. The van der Waals surface area contributed by atoms with E-state index in [0.29, 0.717) is 23.5 Å². The Hall–Kier alpha value is -0.240. The first-order valence-electron chi connectivity index (χ1n) is 11.2. The van der Waals surface area contributed by atoms with Crippen molar-refractivity contribution in [2.75, 3.05) is 72.2 Å². The molecular formula is C21H40N4O2. The first-order valence-corrected chi connectivity index (χ1v) is 11.2. The molecule has 4 rings (SSSR count). The van der Waals surface area contributed by atoms with E-state index >= 15 is 0 Å². The molecule has 156 valence electrons. The Bertz CT molecular complexity index is 467. The summed E-state index contributed by atoms with van der Waals surface area (Å²) in [6.07, 6.45) is 3.74. The topological polar surface area (TPSA) is 49.0 Å². The highest BCUT2D eigenvalue weighted by Gasteiger charge is 2.36. The quantitative estimate of drug-likeness (QED) is 0.735. The highest BCUT2D eigenvalue weighted by molar-refractivity contribution is 4.90. The SMILES string of the molecule is C[C@H]1CN(C2CCOC2)CC(C[C@H]2CN(CC3(C)COC3)CCCN2)CN1. The van der Waals surface area contributed by atoms with Gasteiger partial charge in [-0.05, 0) is 51.7 Å². The second-order valence-corrected chi connectivity index (χ2v) is 9.93. The van der Waals surface area contributed by atoms with E-state index in [4.69, 9.17) is 9.47 Å². The van der Waals surface area contributed by atoms with Crippen LogP contribution in [-0.4, -0.2) is 100 Å². The van der Waals surface area contributed by atoms with Crippen LogP contribution in [-0.2, 0) is 9.47 Å². The number of ether oxygens (including phenoxy) is 2. The summed E-state index contributed by atoms with van der Waals surface area (Å²) in [6.45, 7) is 16.7. The van der Waals surface area contributed by atoms with Crippen molar-refractivity contribution < 1.29 is 9.47 Å². The normalized spacial score (nSPS) is 38.9. The number of rotatable bonds is 5. The molecule has 4 fully saturated rings. The monoisotopic (exact) mass is 380 g/mol. The summed E-state index contributed by atoms with van der Waals surface area (Å²) < 4.78 is 11.2. The molecule has 0 bridgehead atoms. The van der Waals surface area contributed by atoms with E-state index in [2.05, 4.69) is 34.3 Å². The lowest BCUT2D eigenvalue weighted by Crippen LogP contribution is -2.51. The highest BCUT2D eigenvalue weighted by atomic mass is 16.5. The van der Waals surface area contributed by atoms with E-state index in [0.717, 1.165) is 52.0 Å². The zero-order valence-electron chi connectivity index (χ0n) is 17.4. The van der Waals surface area contributed by atoms with Crippen LogP contribution in [0.2, 0.25) is 0 Å². The summed E-state index contributed by atoms with van der Waals surface area (Å²) in [7, 11) is 0. The van der Waals surface area contributed by atoms with E-state index in [1.165, 1.54) is 45.4 Å². The summed E-state index contributed by atoms with van der Waals surface area (Å²) in [5, 5.41) is 7.63. The molecule has 4 atom stereocenters. The molecule has 0 aliphatic carbocycles. The molecule has 6 nitrogen and oxygen atoms in total. The van der Waals surface area contributed by atoms with Gasteiger partial charge in [-0.15, -0.1) is 0 Å². The Balaban J connectivity index is 1.32. The van der Waals surface area contributed by atoms with Crippen LogP contribution in [0, 0.1) is 11.3 Å². The predicted octanol–water partition coefficient (Wildman–Crippen LogP) is 0.776. The third-order valence-corrected chi connectivity index (χ3v) is 6.87. The average Bonchev–Trinajstić information content (AvgIpc) is 2.99. The highest BCUT2D eigenvalue weighted by Crippen LogP contribution is 2.28. The van der Waals surface area contributed by atoms with Crippen LogP contribution in [0.15, 0.2) is 0 Å². The number of nitrogens with one attached hydrogen (secondary N) is 2. The first kappa shape index (κ1) is 20.0. The van der Waals surface area contributed by atoms with Gasteiger partial charge in [0.2, 0.25) is 0 Å². The molecule has 0 aromatic heterocycles. The minimum atomic E-state index is 0.382. The molecule has 0 spiro atoms. The summed E-state index contributed by atoms with van der Waals surface area (Å²) in [6, 6.07) is 1.82. The lowest BCUT2D eigenvalue weighted by Gasteiger charge is -2.42. The third kappa shape index (κ3) is 5.43. The van der Waals surface area contributed by atoms with Crippen molar-refractivity contribution >= 4 is 0 Å². The predicted molar refractivity (Wildman–Crippen MR) is 108 cm³/mol. The Morgan fingerprint density at radius 1 is 1.11 bits per heavy atom. The van der Waals surface area contributed by atoms with Crippen molar-refractivity contribution in [2.24, 2.45) is 11.3 Å². The average molecular weight is 381 g/mol. The molecule has 4 aliphatic rings. The molecule has 0 amide bonds. The van der Waals surface area contributed by atoms with Crippen LogP contribution < -0.4 is 10.6 Å². The fourth-order valence-corrected chi connectivity index (χ4v) is 5.38. The molecule has 0 radical (unpaired) electrons. The van der Waals surface area contributed by atoms with Crippen molar-refractivity contribution in [3.8, 4) is 0 Å². The molecule has 0 aromatic carbocycles. The van der Waals surface area contributed by atoms with Crippen LogP contribution in [0.5, 0.6) is 0 Å². The summed E-state index contributed by atoms with van der Waals surface area (Å²) >= 11 is 0. The first-order chi connectivity index (χ1) is 13.1. The van der Waals surface area contributed by atoms with Gasteiger partial charge in [0.05, 0.1) is 19.8 Å². The van der Waals surface area contributed by atoms with Gasteiger partial charge in [-0.2, -0.15) is 0 Å². The van der Waals surface area contributed by atoms with Gasteiger partial charge in [-0.3, -0.25) is 4.90 Å². The minimum absolute atomic E-state index is 0.382. The lowest BCUT2D eigenvalue weighted by atomic mass is 9.87. The minimum Gasteiger partial charge on any atom is -0.380 e. The van der Waals surface area contributed by atoms with Gasteiger partial charge < -0.3 is 25.0 Å².